The number of rotatable bonds is 8. The van der Waals surface area contributed by atoms with E-state index in [1.807, 2.05) is 20.8 Å². The predicted molar refractivity (Wildman–Crippen MR) is 95.9 cm³/mol. The Balaban J connectivity index is 2.55. The molecular weight excluding hydrogens is 276 g/mol. The summed E-state index contributed by atoms with van der Waals surface area (Å²) in [4.78, 5) is 12.4. The van der Waals surface area contributed by atoms with E-state index in [4.69, 9.17) is 0 Å². The maximum Gasteiger partial charge on any atom is 0.185 e. The monoisotopic (exact) mass is 306 g/mol. The van der Waals surface area contributed by atoms with E-state index in [1.165, 1.54) is 25.7 Å². The highest BCUT2D eigenvalue weighted by molar-refractivity contribution is 7.80. The number of hydrogen-bond acceptors (Lipinski definition) is 2. The molecule has 1 unspecified atom stereocenters. The average Bonchev–Trinajstić information content (AvgIpc) is 2.47. The SMILES string of the molecule is C=C1C(C)=C(C)C(=O)C(CCC(C)CCCCCS)=C1C. The summed E-state index contributed by atoms with van der Waals surface area (Å²) in [5.41, 5.74) is 5.07. The molecule has 0 aromatic carbocycles. The van der Waals surface area contributed by atoms with Gasteiger partial charge in [0.2, 0.25) is 0 Å². The van der Waals surface area contributed by atoms with Gasteiger partial charge in [0, 0.05) is 11.1 Å². The zero-order chi connectivity index (χ0) is 16.0. The van der Waals surface area contributed by atoms with E-state index in [0.29, 0.717) is 5.92 Å². The molecule has 1 atom stereocenters. The van der Waals surface area contributed by atoms with Gasteiger partial charge in [-0.05, 0) is 68.4 Å². The molecule has 118 valence electrons. The van der Waals surface area contributed by atoms with E-state index < -0.39 is 0 Å². The van der Waals surface area contributed by atoms with Gasteiger partial charge in [-0.1, -0.05) is 32.8 Å². The normalized spacial score (nSPS) is 17.8. The molecule has 2 heteroatoms. The first-order valence-electron chi connectivity index (χ1n) is 8.12. The lowest BCUT2D eigenvalue weighted by Gasteiger charge is -2.22. The molecule has 1 nitrogen and oxygen atoms in total. The Morgan fingerprint density at radius 3 is 2.29 bits per heavy atom. The Labute approximate surface area is 136 Å². The number of thiol groups is 1. The average molecular weight is 307 g/mol. The number of hydrogen-bond donors (Lipinski definition) is 1. The summed E-state index contributed by atoms with van der Waals surface area (Å²) in [5.74, 6) is 1.90. The molecule has 1 rings (SSSR count). The fourth-order valence-electron chi connectivity index (χ4n) is 2.87. The molecule has 0 saturated carbocycles. The van der Waals surface area contributed by atoms with Crippen molar-refractivity contribution in [3.8, 4) is 0 Å². The Morgan fingerprint density at radius 1 is 1.00 bits per heavy atom. The summed E-state index contributed by atoms with van der Waals surface area (Å²) in [6.45, 7) is 12.4. The van der Waals surface area contributed by atoms with E-state index in [2.05, 4.69) is 26.1 Å². The maximum atomic E-state index is 12.4. The van der Waals surface area contributed by atoms with Gasteiger partial charge in [0.1, 0.15) is 0 Å². The predicted octanol–water partition coefficient (Wildman–Crippen LogP) is 5.68. The van der Waals surface area contributed by atoms with Crippen molar-refractivity contribution in [2.45, 2.75) is 66.2 Å². The highest BCUT2D eigenvalue weighted by atomic mass is 32.1. The lowest BCUT2D eigenvalue weighted by Crippen LogP contribution is -2.15. The molecule has 0 fully saturated rings. The Hall–Kier alpha value is -0.760. The van der Waals surface area contributed by atoms with Crippen molar-refractivity contribution in [2.75, 3.05) is 5.75 Å². The quantitative estimate of drug-likeness (QED) is 0.450. The second-order valence-corrected chi connectivity index (χ2v) is 6.83. The van der Waals surface area contributed by atoms with Crippen LogP contribution in [0, 0.1) is 5.92 Å². The lowest BCUT2D eigenvalue weighted by molar-refractivity contribution is -0.112. The summed E-state index contributed by atoms with van der Waals surface area (Å²) >= 11 is 4.24. The lowest BCUT2D eigenvalue weighted by atomic mass is 9.81. The molecule has 0 aromatic heterocycles. The number of carbonyl (C=O) groups excluding carboxylic acids is 1. The van der Waals surface area contributed by atoms with Crippen LogP contribution in [0.3, 0.4) is 0 Å². The molecule has 21 heavy (non-hydrogen) atoms. The van der Waals surface area contributed by atoms with Crippen LogP contribution in [0.4, 0.5) is 0 Å². The Morgan fingerprint density at radius 2 is 1.67 bits per heavy atom. The summed E-state index contributed by atoms with van der Waals surface area (Å²) in [6, 6.07) is 0. The standard InChI is InChI=1S/C19H30OS/c1-13(9-7-6-8-12-21)10-11-18-16(4)14(2)15(3)17(5)19(18)20/h13,21H,2,6-12H2,1,3-5H3. The van der Waals surface area contributed by atoms with Gasteiger partial charge in [-0.2, -0.15) is 12.6 Å². The number of ketones is 1. The number of allylic oxidation sites excluding steroid dienone is 5. The summed E-state index contributed by atoms with van der Waals surface area (Å²) in [5, 5.41) is 0. The van der Waals surface area contributed by atoms with Crippen molar-refractivity contribution >= 4 is 18.4 Å². The molecule has 0 bridgehead atoms. The maximum absolute atomic E-state index is 12.4. The third kappa shape index (κ3) is 4.88. The largest absolute Gasteiger partial charge is 0.289 e. The van der Waals surface area contributed by atoms with E-state index in [9.17, 15) is 4.79 Å². The van der Waals surface area contributed by atoms with Gasteiger partial charge in [-0.15, -0.1) is 0 Å². The fraction of sp³-hybridized carbons (Fsp3) is 0.632. The van der Waals surface area contributed by atoms with Crippen LogP contribution in [0.2, 0.25) is 0 Å². The van der Waals surface area contributed by atoms with Gasteiger partial charge in [-0.25, -0.2) is 0 Å². The fourth-order valence-corrected chi connectivity index (χ4v) is 3.10. The summed E-state index contributed by atoms with van der Waals surface area (Å²) < 4.78 is 0. The third-order valence-corrected chi connectivity index (χ3v) is 5.09. The first-order valence-corrected chi connectivity index (χ1v) is 8.75. The first-order chi connectivity index (χ1) is 9.90. The molecule has 0 heterocycles. The number of unbranched alkanes of at least 4 members (excludes halogenated alkanes) is 2. The first kappa shape index (κ1) is 18.3. The van der Waals surface area contributed by atoms with Gasteiger partial charge >= 0.3 is 0 Å². The minimum absolute atomic E-state index is 0.236. The van der Waals surface area contributed by atoms with Gasteiger partial charge in [0.05, 0.1) is 0 Å². The molecule has 1 aliphatic carbocycles. The van der Waals surface area contributed by atoms with Crippen LogP contribution in [0.15, 0.2) is 34.4 Å². The Kier molecular flexibility index (Phi) is 7.51. The molecule has 0 aromatic rings. The van der Waals surface area contributed by atoms with Crippen molar-refractivity contribution in [1.82, 2.24) is 0 Å². The van der Waals surface area contributed by atoms with Gasteiger partial charge in [0.25, 0.3) is 0 Å². The van der Waals surface area contributed by atoms with Crippen molar-refractivity contribution in [1.29, 1.82) is 0 Å². The third-order valence-electron chi connectivity index (χ3n) is 4.78. The number of carbonyl (C=O) groups is 1. The molecule has 0 amide bonds. The van der Waals surface area contributed by atoms with Crippen LogP contribution in [0.5, 0.6) is 0 Å². The molecule has 0 aliphatic heterocycles. The molecule has 0 spiro atoms. The second kappa shape index (κ2) is 8.63. The van der Waals surface area contributed by atoms with E-state index in [-0.39, 0.29) is 5.78 Å². The number of Topliss-reactive ketones (excluding diaryl/α,β-unsaturated/α-hetero) is 1. The van der Waals surface area contributed by atoms with Crippen molar-refractivity contribution < 1.29 is 4.79 Å². The highest BCUT2D eigenvalue weighted by Gasteiger charge is 2.24. The Bertz CT molecular complexity index is 468. The summed E-state index contributed by atoms with van der Waals surface area (Å²) in [6.07, 6.45) is 7.00. The topological polar surface area (TPSA) is 17.1 Å². The van der Waals surface area contributed by atoms with Crippen LogP contribution in [-0.4, -0.2) is 11.5 Å². The second-order valence-electron chi connectivity index (χ2n) is 6.38. The molecule has 1 aliphatic rings. The molecule has 0 radical (unpaired) electrons. The molecular formula is C19H30OS. The van der Waals surface area contributed by atoms with Crippen molar-refractivity contribution in [3.63, 3.8) is 0 Å². The smallest absolute Gasteiger partial charge is 0.185 e. The van der Waals surface area contributed by atoms with E-state index in [0.717, 1.165) is 46.5 Å². The van der Waals surface area contributed by atoms with Crippen LogP contribution in [0.1, 0.15) is 66.2 Å². The van der Waals surface area contributed by atoms with E-state index >= 15 is 0 Å². The zero-order valence-corrected chi connectivity index (χ0v) is 15.0. The van der Waals surface area contributed by atoms with Gasteiger partial charge in [0.15, 0.2) is 5.78 Å². The minimum atomic E-state index is 0.236. The van der Waals surface area contributed by atoms with Crippen LogP contribution in [-0.2, 0) is 4.79 Å². The summed E-state index contributed by atoms with van der Waals surface area (Å²) in [7, 11) is 0. The van der Waals surface area contributed by atoms with E-state index in [1.54, 1.807) is 0 Å². The van der Waals surface area contributed by atoms with Crippen LogP contribution < -0.4 is 0 Å². The zero-order valence-electron chi connectivity index (χ0n) is 14.1. The van der Waals surface area contributed by atoms with Gasteiger partial charge < -0.3 is 0 Å². The van der Waals surface area contributed by atoms with Crippen LogP contribution >= 0.6 is 12.6 Å². The van der Waals surface area contributed by atoms with Gasteiger partial charge in [-0.3, -0.25) is 4.79 Å². The molecule has 0 saturated heterocycles. The highest BCUT2D eigenvalue weighted by Crippen LogP contribution is 2.33. The van der Waals surface area contributed by atoms with Crippen molar-refractivity contribution in [2.24, 2.45) is 5.92 Å². The minimum Gasteiger partial charge on any atom is -0.289 e. The molecule has 0 N–H and O–H groups in total. The van der Waals surface area contributed by atoms with Crippen LogP contribution in [0.25, 0.3) is 0 Å². The van der Waals surface area contributed by atoms with Crippen molar-refractivity contribution in [3.05, 3.63) is 34.4 Å².